The first-order chi connectivity index (χ1) is 11.7. The second kappa shape index (κ2) is 6.40. The summed E-state index contributed by atoms with van der Waals surface area (Å²) in [6, 6.07) is 10.4. The van der Waals surface area contributed by atoms with E-state index in [2.05, 4.69) is 41.0 Å². The summed E-state index contributed by atoms with van der Waals surface area (Å²) in [4.78, 5) is 17.6. The van der Waals surface area contributed by atoms with E-state index in [0.29, 0.717) is 17.4 Å². The van der Waals surface area contributed by atoms with E-state index in [1.165, 1.54) is 5.69 Å². The van der Waals surface area contributed by atoms with E-state index in [4.69, 9.17) is 4.74 Å². The number of carbonyl (C=O) groups is 1. The highest BCUT2D eigenvalue weighted by molar-refractivity contribution is 5.86. The summed E-state index contributed by atoms with van der Waals surface area (Å²) < 4.78 is 5.72. The molecule has 4 heteroatoms. The van der Waals surface area contributed by atoms with Crippen molar-refractivity contribution in [2.75, 3.05) is 31.1 Å². The maximum Gasteiger partial charge on any atom is 0.245 e. The molecule has 3 aliphatic rings. The molecule has 1 spiro atoms. The van der Waals surface area contributed by atoms with E-state index in [1.54, 1.807) is 0 Å². The van der Waals surface area contributed by atoms with E-state index in [1.807, 2.05) is 6.07 Å². The van der Waals surface area contributed by atoms with Gasteiger partial charge < -0.3 is 14.5 Å². The summed E-state index contributed by atoms with van der Waals surface area (Å²) in [6.07, 6.45) is 5.95. The minimum atomic E-state index is 0.0327. The van der Waals surface area contributed by atoms with Crippen LogP contribution in [-0.4, -0.2) is 49.2 Å². The van der Waals surface area contributed by atoms with Gasteiger partial charge in [-0.2, -0.15) is 0 Å². The van der Waals surface area contributed by atoms with Crippen LogP contribution in [0.5, 0.6) is 0 Å². The molecule has 130 valence electrons. The largest absolute Gasteiger partial charge is 0.378 e. The van der Waals surface area contributed by atoms with E-state index < -0.39 is 0 Å². The van der Waals surface area contributed by atoms with Crippen LogP contribution in [0.4, 0.5) is 5.69 Å². The highest BCUT2D eigenvalue weighted by atomic mass is 16.5. The molecular weight excluding hydrogens is 300 g/mol. The Labute approximate surface area is 144 Å². The molecule has 4 nitrogen and oxygen atoms in total. The van der Waals surface area contributed by atoms with Gasteiger partial charge in [0, 0.05) is 31.9 Å². The van der Waals surface area contributed by atoms with Crippen LogP contribution in [0.1, 0.15) is 39.0 Å². The van der Waals surface area contributed by atoms with Crippen LogP contribution in [0.25, 0.3) is 0 Å². The smallest absolute Gasteiger partial charge is 0.245 e. The van der Waals surface area contributed by atoms with Gasteiger partial charge in [0.25, 0.3) is 0 Å². The molecular formula is C20H28N2O2. The van der Waals surface area contributed by atoms with Crippen LogP contribution >= 0.6 is 0 Å². The van der Waals surface area contributed by atoms with Gasteiger partial charge in [0.2, 0.25) is 5.91 Å². The van der Waals surface area contributed by atoms with E-state index in [0.717, 1.165) is 58.3 Å². The number of para-hydroxylation sites is 1. The Bertz CT molecular complexity index is 583. The lowest BCUT2D eigenvalue weighted by Crippen LogP contribution is -2.48. The van der Waals surface area contributed by atoms with Crippen LogP contribution in [-0.2, 0) is 9.53 Å². The topological polar surface area (TPSA) is 32.8 Å². The quantitative estimate of drug-likeness (QED) is 0.851. The SMILES string of the molecule is CCOC1CC2(CCN(C(=O)C3CCCN3c3ccccc3)C2)C1. The van der Waals surface area contributed by atoms with Crippen LogP contribution in [0.2, 0.25) is 0 Å². The lowest BCUT2D eigenvalue weighted by molar-refractivity contribution is -0.133. The Morgan fingerprint density at radius 2 is 2.04 bits per heavy atom. The van der Waals surface area contributed by atoms with Crippen molar-refractivity contribution in [2.45, 2.75) is 51.2 Å². The number of nitrogens with zero attached hydrogens (tertiary/aromatic N) is 2. The molecule has 1 atom stereocenters. The lowest BCUT2D eigenvalue weighted by Gasteiger charge is -2.44. The van der Waals surface area contributed by atoms with E-state index in [-0.39, 0.29) is 6.04 Å². The minimum Gasteiger partial charge on any atom is -0.378 e. The molecule has 1 aromatic carbocycles. The summed E-state index contributed by atoms with van der Waals surface area (Å²) in [7, 11) is 0. The van der Waals surface area contributed by atoms with Gasteiger partial charge in [-0.05, 0) is 56.6 Å². The van der Waals surface area contributed by atoms with Gasteiger partial charge in [-0.1, -0.05) is 18.2 Å². The Balaban J connectivity index is 1.40. The fourth-order valence-corrected chi connectivity index (χ4v) is 4.88. The molecule has 2 heterocycles. The van der Waals surface area contributed by atoms with Crippen molar-refractivity contribution in [1.82, 2.24) is 4.90 Å². The molecule has 0 aromatic heterocycles. The maximum absolute atomic E-state index is 13.1. The van der Waals surface area contributed by atoms with Crippen molar-refractivity contribution in [3.63, 3.8) is 0 Å². The number of hydrogen-bond acceptors (Lipinski definition) is 3. The van der Waals surface area contributed by atoms with Crippen LogP contribution in [0.3, 0.4) is 0 Å². The maximum atomic E-state index is 13.1. The van der Waals surface area contributed by atoms with Crippen LogP contribution in [0, 0.1) is 5.41 Å². The normalized spacial score (nSPS) is 32.4. The van der Waals surface area contributed by atoms with Gasteiger partial charge in [-0.15, -0.1) is 0 Å². The average molecular weight is 328 g/mol. The highest BCUT2D eigenvalue weighted by Gasteiger charge is 2.50. The monoisotopic (exact) mass is 328 g/mol. The van der Waals surface area contributed by atoms with Crippen molar-refractivity contribution >= 4 is 11.6 Å². The third-order valence-electron chi connectivity index (χ3n) is 6.10. The summed E-state index contributed by atoms with van der Waals surface area (Å²) in [5.74, 6) is 0.341. The molecule has 0 bridgehead atoms. The van der Waals surface area contributed by atoms with Gasteiger partial charge in [0.15, 0.2) is 0 Å². The molecule has 24 heavy (non-hydrogen) atoms. The zero-order valence-electron chi connectivity index (χ0n) is 14.6. The zero-order valence-corrected chi connectivity index (χ0v) is 14.6. The average Bonchev–Trinajstić information content (AvgIpc) is 3.22. The van der Waals surface area contributed by atoms with Gasteiger partial charge in [0.05, 0.1) is 6.10 Å². The van der Waals surface area contributed by atoms with E-state index >= 15 is 0 Å². The van der Waals surface area contributed by atoms with Crippen molar-refractivity contribution in [3.05, 3.63) is 30.3 Å². The fraction of sp³-hybridized carbons (Fsp3) is 0.650. The fourth-order valence-electron chi connectivity index (χ4n) is 4.88. The number of anilines is 1. The van der Waals surface area contributed by atoms with Crippen molar-refractivity contribution in [2.24, 2.45) is 5.41 Å². The van der Waals surface area contributed by atoms with E-state index in [9.17, 15) is 4.79 Å². The molecule has 1 aromatic rings. The van der Waals surface area contributed by atoms with Crippen LogP contribution < -0.4 is 4.90 Å². The Kier molecular flexibility index (Phi) is 4.25. The Hall–Kier alpha value is -1.55. The lowest BCUT2D eigenvalue weighted by atomic mass is 9.66. The third kappa shape index (κ3) is 2.81. The summed E-state index contributed by atoms with van der Waals surface area (Å²) in [5, 5.41) is 0. The number of ether oxygens (including phenoxy) is 1. The molecule has 3 fully saturated rings. The molecule has 2 aliphatic heterocycles. The Morgan fingerprint density at radius 1 is 1.25 bits per heavy atom. The zero-order chi connectivity index (χ0) is 16.6. The Morgan fingerprint density at radius 3 is 2.79 bits per heavy atom. The predicted molar refractivity (Wildman–Crippen MR) is 95.1 cm³/mol. The number of likely N-dealkylation sites (tertiary alicyclic amines) is 1. The van der Waals surface area contributed by atoms with Crippen LogP contribution in [0.15, 0.2) is 30.3 Å². The van der Waals surface area contributed by atoms with Gasteiger partial charge >= 0.3 is 0 Å². The molecule has 1 unspecified atom stereocenters. The van der Waals surface area contributed by atoms with Crippen molar-refractivity contribution < 1.29 is 9.53 Å². The number of carbonyl (C=O) groups excluding carboxylic acids is 1. The molecule has 0 radical (unpaired) electrons. The highest BCUT2D eigenvalue weighted by Crippen LogP contribution is 2.49. The van der Waals surface area contributed by atoms with Gasteiger partial charge in [-0.25, -0.2) is 0 Å². The minimum absolute atomic E-state index is 0.0327. The number of rotatable bonds is 4. The summed E-state index contributed by atoms with van der Waals surface area (Å²) in [5.41, 5.74) is 1.54. The molecule has 1 saturated carbocycles. The molecule has 0 N–H and O–H groups in total. The van der Waals surface area contributed by atoms with Gasteiger partial charge in [0.1, 0.15) is 6.04 Å². The number of benzene rings is 1. The first-order valence-corrected chi connectivity index (χ1v) is 9.43. The third-order valence-corrected chi connectivity index (χ3v) is 6.10. The van der Waals surface area contributed by atoms with Crippen molar-refractivity contribution in [3.8, 4) is 0 Å². The predicted octanol–water partition coefficient (Wildman–Crippen LogP) is 3.07. The van der Waals surface area contributed by atoms with Crippen molar-refractivity contribution in [1.29, 1.82) is 0 Å². The summed E-state index contributed by atoms with van der Waals surface area (Å²) in [6.45, 7) is 5.72. The standard InChI is InChI=1S/C20H28N2O2/c1-2-24-17-13-20(14-17)10-12-21(15-20)19(23)18-9-6-11-22(18)16-7-4-3-5-8-16/h3-5,7-8,17-18H,2,6,9-15H2,1H3. The second-order valence-corrected chi connectivity index (χ2v) is 7.68. The number of hydrogen-bond donors (Lipinski definition) is 0. The molecule has 2 saturated heterocycles. The van der Waals surface area contributed by atoms with Gasteiger partial charge in [-0.3, -0.25) is 4.79 Å². The molecule has 1 aliphatic carbocycles. The first kappa shape index (κ1) is 15.9. The molecule has 1 amide bonds. The molecule has 4 rings (SSSR count). The summed E-state index contributed by atoms with van der Waals surface area (Å²) >= 11 is 0. The number of amides is 1. The second-order valence-electron chi connectivity index (χ2n) is 7.68. The first-order valence-electron chi connectivity index (χ1n) is 9.43.